The summed E-state index contributed by atoms with van der Waals surface area (Å²) in [7, 11) is 2.02. The van der Waals surface area contributed by atoms with Gasteiger partial charge in [-0.15, -0.1) is 22.7 Å². The Morgan fingerprint density at radius 3 is 2.89 bits per heavy atom. The molecule has 2 rings (SSSR count). The Labute approximate surface area is 127 Å². The highest BCUT2D eigenvalue weighted by Gasteiger charge is 2.11. The van der Waals surface area contributed by atoms with Gasteiger partial charge in [-0.1, -0.05) is 0 Å². The van der Waals surface area contributed by atoms with E-state index in [0.717, 1.165) is 16.0 Å². The van der Waals surface area contributed by atoms with Crippen molar-refractivity contribution < 1.29 is 4.79 Å². The van der Waals surface area contributed by atoms with Crippen molar-refractivity contribution in [3.05, 3.63) is 36.9 Å². The molecular weight excluding hydrogens is 348 g/mol. The number of nitrogens with zero attached hydrogens (tertiary/aromatic N) is 2. The summed E-state index contributed by atoms with van der Waals surface area (Å²) in [5, 5.41) is 4.39. The topological polar surface area (TPSA) is 71.2 Å². The molecule has 3 N–H and O–H groups in total. The Bertz CT molecular complexity index is 569. The van der Waals surface area contributed by atoms with E-state index in [0.29, 0.717) is 11.6 Å². The number of thiophene rings is 1. The maximum Gasteiger partial charge on any atom is 0.294 e. The van der Waals surface area contributed by atoms with Gasteiger partial charge in [0.2, 0.25) is 0 Å². The third kappa shape index (κ3) is 4.08. The van der Waals surface area contributed by atoms with Gasteiger partial charge in [0.05, 0.1) is 9.48 Å². The number of carbonyl (C=O) groups is 1. The van der Waals surface area contributed by atoms with Crippen molar-refractivity contribution in [1.82, 2.24) is 15.3 Å². The molecule has 2 aromatic rings. The summed E-state index contributed by atoms with van der Waals surface area (Å²) < 4.78 is 1.13. The number of thiazole rings is 1. The molecule has 102 valence electrons. The second kappa shape index (κ2) is 6.58. The average molecular weight is 361 g/mol. The van der Waals surface area contributed by atoms with Crippen LogP contribution in [0.1, 0.15) is 21.1 Å². The standard InChI is InChI=1S/C11H13BrN4OS2/c1-16(3-7-2-9(12)18-5-7)4-8-6-19-11(14-8)10(17)15-13/h2,5-6H,3-4,13H2,1H3,(H,15,17). The van der Waals surface area contributed by atoms with Crippen molar-refractivity contribution in [3.8, 4) is 0 Å². The van der Waals surface area contributed by atoms with Gasteiger partial charge in [-0.05, 0) is 40.0 Å². The van der Waals surface area contributed by atoms with Crippen LogP contribution >= 0.6 is 38.6 Å². The van der Waals surface area contributed by atoms with Gasteiger partial charge in [0.15, 0.2) is 5.01 Å². The molecule has 5 nitrogen and oxygen atoms in total. The van der Waals surface area contributed by atoms with Gasteiger partial charge in [0, 0.05) is 18.5 Å². The molecule has 2 heterocycles. The largest absolute Gasteiger partial charge is 0.296 e. The zero-order valence-corrected chi connectivity index (χ0v) is 13.4. The Morgan fingerprint density at radius 2 is 2.26 bits per heavy atom. The minimum atomic E-state index is -0.347. The SMILES string of the molecule is CN(Cc1csc(Br)c1)Cc1csc(C(=O)NN)n1. The first-order valence-corrected chi connectivity index (χ1v) is 8.00. The molecule has 0 atom stereocenters. The van der Waals surface area contributed by atoms with Crippen LogP contribution in [0.3, 0.4) is 0 Å². The highest BCUT2D eigenvalue weighted by atomic mass is 79.9. The van der Waals surface area contributed by atoms with Crippen molar-refractivity contribution in [2.45, 2.75) is 13.1 Å². The number of hydrogen-bond acceptors (Lipinski definition) is 6. The van der Waals surface area contributed by atoms with Crippen LogP contribution in [0.4, 0.5) is 0 Å². The van der Waals surface area contributed by atoms with Crippen molar-refractivity contribution in [3.63, 3.8) is 0 Å². The molecule has 2 aromatic heterocycles. The van der Waals surface area contributed by atoms with Gasteiger partial charge in [-0.3, -0.25) is 15.1 Å². The van der Waals surface area contributed by atoms with E-state index in [1.165, 1.54) is 16.9 Å². The number of carbonyl (C=O) groups excluding carboxylic acids is 1. The third-order valence-electron chi connectivity index (χ3n) is 2.38. The predicted octanol–water partition coefficient (Wildman–Crippen LogP) is 2.20. The van der Waals surface area contributed by atoms with Gasteiger partial charge < -0.3 is 0 Å². The number of hydrogen-bond donors (Lipinski definition) is 2. The fourth-order valence-electron chi connectivity index (χ4n) is 1.62. The van der Waals surface area contributed by atoms with Crippen LogP contribution in [0.15, 0.2) is 20.6 Å². The molecule has 0 radical (unpaired) electrons. The Balaban J connectivity index is 1.93. The number of nitrogens with two attached hydrogens (primary N) is 1. The summed E-state index contributed by atoms with van der Waals surface area (Å²) in [5.74, 6) is 4.73. The first-order chi connectivity index (χ1) is 9.08. The summed E-state index contributed by atoms with van der Waals surface area (Å²) in [6, 6.07) is 2.11. The van der Waals surface area contributed by atoms with E-state index >= 15 is 0 Å². The normalized spacial score (nSPS) is 10.9. The fourth-order valence-corrected chi connectivity index (χ4v) is 3.53. The van der Waals surface area contributed by atoms with E-state index in [1.807, 2.05) is 12.4 Å². The quantitative estimate of drug-likeness (QED) is 0.487. The molecule has 0 aliphatic rings. The molecule has 0 spiro atoms. The number of amides is 1. The Morgan fingerprint density at radius 1 is 1.47 bits per heavy atom. The molecule has 0 saturated heterocycles. The molecule has 0 aliphatic carbocycles. The van der Waals surface area contributed by atoms with Crippen molar-refractivity contribution in [2.75, 3.05) is 7.05 Å². The Hall–Kier alpha value is -0.800. The number of rotatable bonds is 5. The van der Waals surface area contributed by atoms with Crippen LogP contribution in [-0.2, 0) is 13.1 Å². The summed E-state index contributed by atoms with van der Waals surface area (Å²) in [5.41, 5.74) is 4.22. The lowest BCUT2D eigenvalue weighted by Crippen LogP contribution is -2.29. The van der Waals surface area contributed by atoms with E-state index in [9.17, 15) is 4.79 Å². The minimum absolute atomic E-state index is 0.347. The zero-order valence-electron chi connectivity index (χ0n) is 10.2. The first kappa shape index (κ1) is 14.6. The maximum absolute atomic E-state index is 11.3. The molecule has 0 bridgehead atoms. The summed E-state index contributed by atoms with van der Waals surface area (Å²) in [4.78, 5) is 17.7. The number of hydrazine groups is 1. The van der Waals surface area contributed by atoms with E-state index in [2.05, 4.69) is 42.7 Å². The van der Waals surface area contributed by atoms with Crippen molar-refractivity contribution in [1.29, 1.82) is 0 Å². The second-order valence-electron chi connectivity index (χ2n) is 4.05. The molecule has 8 heteroatoms. The monoisotopic (exact) mass is 360 g/mol. The molecule has 19 heavy (non-hydrogen) atoms. The van der Waals surface area contributed by atoms with Gasteiger partial charge in [-0.2, -0.15) is 0 Å². The van der Waals surface area contributed by atoms with E-state index in [1.54, 1.807) is 11.3 Å². The van der Waals surface area contributed by atoms with E-state index < -0.39 is 0 Å². The highest BCUT2D eigenvalue weighted by molar-refractivity contribution is 9.11. The minimum Gasteiger partial charge on any atom is -0.296 e. The summed E-state index contributed by atoms with van der Waals surface area (Å²) >= 11 is 6.42. The van der Waals surface area contributed by atoms with Crippen LogP contribution in [0.5, 0.6) is 0 Å². The first-order valence-electron chi connectivity index (χ1n) is 5.45. The third-order valence-corrected chi connectivity index (χ3v) is 4.83. The highest BCUT2D eigenvalue weighted by Crippen LogP contribution is 2.22. The van der Waals surface area contributed by atoms with E-state index in [4.69, 9.17) is 5.84 Å². The zero-order chi connectivity index (χ0) is 13.8. The summed E-state index contributed by atoms with van der Waals surface area (Å²) in [6.45, 7) is 1.54. The molecule has 1 amide bonds. The molecule has 0 aliphatic heterocycles. The lowest BCUT2D eigenvalue weighted by Gasteiger charge is -2.13. The lowest BCUT2D eigenvalue weighted by atomic mass is 10.3. The van der Waals surface area contributed by atoms with Crippen molar-refractivity contribution >= 4 is 44.5 Å². The van der Waals surface area contributed by atoms with Crippen LogP contribution in [0.2, 0.25) is 0 Å². The summed E-state index contributed by atoms with van der Waals surface area (Å²) in [6.07, 6.45) is 0. The average Bonchev–Trinajstić information content (AvgIpc) is 2.98. The number of nitrogens with one attached hydrogen (secondary N) is 1. The smallest absolute Gasteiger partial charge is 0.294 e. The van der Waals surface area contributed by atoms with Crippen LogP contribution in [0.25, 0.3) is 0 Å². The number of nitrogen functional groups attached to an aromatic ring is 1. The van der Waals surface area contributed by atoms with Gasteiger partial charge in [-0.25, -0.2) is 10.8 Å². The lowest BCUT2D eigenvalue weighted by molar-refractivity contribution is 0.0953. The molecule has 0 fully saturated rings. The molecule has 0 saturated carbocycles. The van der Waals surface area contributed by atoms with Crippen LogP contribution < -0.4 is 11.3 Å². The van der Waals surface area contributed by atoms with E-state index in [-0.39, 0.29) is 5.91 Å². The molecule has 0 aromatic carbocycles. The Kier molecular flexibility index (Phi) is 5.06. The number of halogens is 1. The van der Waals surface area contributed by atoms with Gasteiger partial charge >= 0.3 is 0 Å². The van der Waals surface area contributed by atoms with Crippen LogP contribution in [0, 0.1) is 0 Å². The van der Waals surface area contributed by atoms with Gasteiger partial charge in [0.25, 0.3) is 5.91 Å². The fraction of sp³-hybridized carbons (Fsp3) is 0.273. The van der Waals surface area contributed by atoms with Crippen LogP contribution in [-0.4, -0.2) is 22.8 Å². The van der Waals surface area contributed by atoms with Crippen molar-refractivity contribution in [2.24, 2.45) is 5.84 Å². The molecular formula is C11H13BrN4OS2. The van der Waals surface area contributed by atoms with Gasteiger partial charge in [0.1, 0.15) is 0 Å². The maximum atomic E-state index is 11.3. The number of aromatic nitrogens is 1. The predicted molar refractivity (Wildman–Crippen MR) is 81.0 cm³/mol. The second-order valence-corrected chi connectivity index (χ2v) is 7.20. The molecule has 0 unspecified atom stereocenters.